The fraction of sp³-hybridized carbons (Fsp3) is 0.500. The summed E-state index contributed by atoms with van der Waals surface area (Å²) in [6, 6.07) is 5.45. The fourth-order valence-corrected chi connectivity index (χ4v) is 1.65. The quantitative estimate of drug-likeness (QED) is 0.221. The molecule has 4 N–H and O–H groups in total. The number of rotatable bonds is 8. The zero-order valence-corrected chi connectivity index (χ0v) is 12.8. The Morgan fingerprint density at radius 3 is 2.71 bits per heavy atom. The van der Waals surface area contributed by atoms with E-state index in [9.17, 15) is 0 Å². The molecule has 0 aliphatic heterocycles. The molecule has 1 rings (SSSR count). The SMILES string of the molecule is CCOCCCN=C(NN)Nc1ccc(OC)cc1OC. The van der Waals surface area contributed by atoms with E-state index in [0.717, 1.165) is 12.1 Å². The first-order valence-electron chi connectivity index (χ1n) is 6.83. The highest BCUT2D eigenvalue weighted by molar-refractivity contribution is 5.94. The van der Waals surface area contributed by atoms with Crippen LogP contribution in [0.1, 0.15) is 13.3 Å². The van der Waals surface area contributed by atoms with Crippen LogP contribution in [0.5, 0.6) is 11.5 Å². The molecule has 0 radical (unpaired) electrons. The van der Waals surface area contributed by atoms with Crippen molar-refractivity contribution in [3.63, 3.8) is 0 Å². The second kappa shape index (κ2) is 9.84. The molecule has 7 nitrogen and oxygen atoms in total. The minimum absolute atomic E-state index is 0.468. The number of benzene rings is 1. The van der Waals surface area contributed by atoms with Gasteiger partial charge in [-0.1, -0.05) is 0 Å². The highest BCUT2D eigenvalue weighted by Crippen LogP contribution is 2.28. The van der Waals surface area contributed by atoms with E-state index in [1.165, 1.54) is 0 Å². The molecule has 1 aromatic rings. The number of hydrogen-bond donors (Lipinski definition) is 3. The number of nitrogens with two attached hydrogens (primary N) is 1. The zero-order chi connectivity index (χ0) is 15.5. The van der Waals surface area contributed by atoms with Gasteiger partial charge in [0.25, 0.3) is 0 Å². The first kappa shape index (κ1) is 17.1. The number of anilines is 1. The molecule has 1 aromatic carbocycles. The molecule has 0 saturated carbocycles. The van der Waals surface area contributed by atoms with Crippen molar-refractivity contribution in [2.45, 2.75) is 13.3 Å². The summed E-state index contributed by atoms with van der Waals surface area (Å²) in [5.41, 5.74) is 3.28. The summed E-state index contributed by atoms with van der Waals surface area (Å²) < 4.78 is 15.7. The van der Waals surface area contributed by atoms with Gasteiger partial charge in [0, 0.05) is 25.8 Å². The molecule has 0 unspecified atom stereocenters. The molecular formula is C14H24N4O3. The molecule has 21 heavy (non-hydrogen) atoms. The van der Waals surface area contributed by atoms with Crippen LogP contribution in [0.2, 0.25) is 0 Å². The van der Waals surface area contributed by atoms with Gasteiger partial charge in [-0.3, -0.25) is 10.4 Å². The van der Waals surface area contributed by atoms with E-state index in [1.54, 1.807) is 20.3 Å². The van der Waals surface area contributed by atoms with Gasteiger partial charge < -0.3 is 19.5 Å². The summed E-state index contributed by atoms with van der Waals surface area (Å²) in [7, 11) is 3.20. The van der Waals surface area contributed by atoms with Gasteiger partial charge in [-0.05, 0) is 25.5 Å². The Kier molecular flexibility index (Phi) is 8.00. The highest BCUT2D eigenvalue weighted by Gasteiger charge is 2.06. The molecule has 0 amide bonds. The van der Waals surface area contributed by atoms with E-state index >= 15 is 0 Å². The smallest absolute Gasteiger partial charge is 0.210 e. The number of hydrogen-bond acceptors (Lipinski definition) is 5. The number of ether oxygens (including phenoxy) is 3. The Bertz CT molecular complexity index is 452. The topological polar surface area (TPSA) is 90.1 Å². The van der Waals surface area contributed by atoms with Crippen molar-refractivity contribution in [1.29, 1.82) is 0 Å². The summed E-state index contributed by atoms with van der Waals surface area (Å²) in [5.74, 6) is 7.30. The van der Waals surface area contributed by atoms with E-state index in [-0.39, 0.29) is 0 Å². The third-order valence-electron chi connectivity index (χ3n) is 2.72. The molecule has 0 aliphatic rings. The zero-order valence-electron chi connectivity index (χ0n) is 12.8. The second-order valence-corrected chi connectivity index (χ2v) is 4.12. The average molecular weight is 296 g/mol. The fourth-order valence-electron chi connectivity index (χ4n) is 1.65. The van der Waals surface area contributed by atoms with Crippen LogP contribution in [-0.2, 0) is 4.74 Å². The summed E-state index contributed by atoms with van der Waals surface area (Å²) >= 11 is 0. The van der Waals surface area contributed by atoms with Gasteiger partial charge in [-0.25, -0.2) is 5.84 Å². The van der Waals surface area contributed by atoms with Crippen molar-refractivity contribution >= 4 is 11.6 Å². The summed E-state index contributed by atoms with van der Waals surface area (Å²) in [4.78, 5) is 4.33. The molecule has 0 heterocycles. The Hall–Kier alpha value is -1.99. The van der Waals surface area contributed by atoms with Crippen LogP contribution < -0.4 is 26.1 Å². The lowest BCUT2D eigenvalue weighted by atomic mass is 10.2. The monoisotopic (exact) mass is 296 g/mol. The van der Waals surface area contributed by atoms with Crippen molar-refractivity contribution < 1.29 is 14.2 Å². The number of hydrazine groups is 1. The highest BCUT2D eigenvalue weighted by atomic mass is 16.5. The predicted octanol–water partition coefficient (Wildman–Crippen LogP) is 1.36. The van der Waals surface area contributed by atoms with Crippen LogP contribution in [0.25, 0.3) is 0 Å². The molecule has 118 valence electrons. The molecule has 0 saturated heterocycles. The number of nitrogens with one attached hydrogen (secondary N) is 2. The van der Waals surface area contributed by atoms with Gasteiger partial charge in [0.1, 0.15) is 11.5 Å². The summed E-state index contributed by atoms with van der Waals surface area (Å²) in [6.07, 6.45) is 0.834. The lowest BCUT2D eigenvalue weighted by Crippen LogP contribution is -2.36. The lowest BCUT2D eigenvalue weighted by Gasteiger charge is -2.13. The summed E-state index contributed by atoms with van der Waals surface area (Å²) in [6.45, 7) is 3.98. The second-order valence-electron chi connectivity index (χ2n) is 4.12. The predicted molar refractivity (Wildman–Crippen MR) is 83.9 cm³/mol. The van der Waals surface area contributed by atoms with Crippen molar-refractivity contribution in [2.24, 2.45) is 10.8 Å². The van der Waals surface area contributed by atoms with Gasteiger partial charge in [0.15, 0.2) is 0 Å². The third-order valence-corrected chi connectivity index (χ3v) is 2.72. The minimum atomic E-state index is 0.468. The third kappa shape index (κ3) is 5.88. The molecule has 0 atom stereocenters. The minimum Gasteiger partial charge on any atom is -0.497 e. The van der Waals surface area contributed by atoms with Crippen LogP contribution in [0.3, 0.4) is 0 Å². The Morgan fingerprint density at radius 1 is 1.29 bits per heavy atom. The largest absolute Gasteiger partial charge is 0.497 e. The maximum absolute atomic E-state index is 5.47. The van der Waals surface area contributed by atoms with Crippen molar-refractivity contribution in [1.82, 2.24) is 5.43 Å². The number of methoxy groups -OCH3 is 2. The van der Waals surface area contributed by atoms with Crippen LogP contribution >= 0.6 is 0 Å². The number of aliphatic imine (C=N–C) groups is 1. The van der Waals surface area contributed by atoms with Gasteiger partial charge in [0.05, 0.1) is 19.9 Å². The molecule has 0 aromatic heterocycles. The Balaban J connectivity index is 2.65. The maximum atomic E-state index is 5.47. The average Bonchev–Trinajstić information content (AvgIpc) is 2.53. The first-order chi connectivity index (χ1) is 10.2. The number of guanidine groups is 1. The molecule has 0 bridgehead atoms. The van der Waals surface area contributed by atoms with Crippen molar-refractivity contribution in [2.75, 3.05) is 39.3 Å². The number of nitrogens with zero attached hydrogens (tertiary/aromatic N) is 1. The first-order valence-corrected chi connectivity index (χ1v) is 6.83. The van der Waals surface area contributed by atoms with Gasteiger partial charge in [-0.15, -0.1) is 0 Å². The van der Waals surface area contributed by atoms with E-state index in [1.807, 2.05) is 19.1 Å². The summed E-state index contributed by atoms with van der Waals surface area (Å²) in [5, 5.41) is 3.08. The molecule has 0 spiro atoms. The van der Waals surface area contributed by atoms with Crippen LogP contribution in [0.4, 0.5) is 5.69 Å². The molecule has 0 aliphatic carbocycles. The van der Waals surface area contributed by atoms with Gasteiger partial charge in [0.2, 0.25) is 5.96 Å². The molecule has 0 fully saturated rings. The van der Waals surface area contributed by atoms with E-state index in [2.05, 4.69) is 15.7 Å². The molecular weight excluding hydrogens is 272 g/mol. The van der Waals surface area contributed by atoms with E-state index in [0.29, 0.717) is 37.2 Å². The van der Waals surface area contributed by atoms with E-state index in [4.69, 9.17) is 20.1 Å². The Morgan fingerprint density at radius 2 is 2.10 bits per heavy atom. The Labute approximate surface area is 125 Å². The normalized spacial score (nSPS) is 11.1. The van der Waals surface area contributed by atoms with Gasteiger partial charge in [-0.2, -0.15) is 0 Å². The van der Waals surface area contributed by atoms with Crippen molar-refractivity contribution in [3.05, 3.63) is 18.2 Å². The van der Waals surface area contributed by atoms with Crippen LogP contribution in [0.15, 0.2) is 23.2 Å². The lowest BCUT2D eigenvalue weighted by molar-refractivity contribution is 0.146. The maximum Gasteiger partial charge on any atom is 0.210 e. The van der Waals surface area contributed by atoms with Crippen LogP contribution in [0, 0.1) is 0 Å². The van der Waals surface area contributed by atoms with Gasteiger partial charge >= 0.3 is 0 Å². The standard InChI is InChI=1S/C14H24N4O3/c1-4-21-9-5-8-16-14(18-15)17-12-7-6-11(19-2)10-13(12)20-3/h6-7,10H,4-5,8-9,15H2,1-3H3,(H2,16,17,18). The van der Waals surface area contributed by atoms with Crippen molar-refractivity contribution in [3.8, 4) is 11.5 Å². The van der Waals surface area contributed by atoms with E-state index < -0.39 is 0 Å². The van der Waals surface area contributed by atoms with Crippen LogP contribution in [-0.4, -0.2) is 39.9 Å². The molecule has 7 heteroatoms.